The first kappa shape index (κ1) is 16.2. The standard InChI is InChI=1S/C14H18F4N2O/c15-12-9-10(14(16,17)18)1-2-11(12)13(3-8-21)20-6-4-19-5-7-20/h1-2,9,13,19,21H,3-8H2/t13-/m0/s1. The van der Waals surface area contributed by atoms with Gasteiger partial charge in [-0.3, -0.25) is 4.90 Å². The van der Waals surface area contributed by atoms with Gasteiger partial charge in [-0.25, -0.2) is 4.39 Å². The molecule has 0 bridgehead atoms. The monoisotopic (exact) mass is 306 g/mol. The van der Waals surface area contributed by atoms with Gasteiger partial charge in [0, 0.05) is 44.4 Å². The summed E-state index contributed by atoms with van der Waals surface area (Å²) in [5, 5.41) is 12.3. The van der Waals surface area contributed by atoms with Crippen molar-refractivity contribution in [3.63, 3.8) is 0 Å². The minimum atomic E-state index is -4.55. The number of hydrogen-bond acceptors (Lipinski definition) is 3. The molecule has 1 atom stereocenters. The molecule has 0 amide bonds. The van der Waals surface area contributed by atoms with Gasteiger partial charge in [0.2, 0.25) is 0 Å². The zero-order chi connectivity index (χ0) is 15.5. The molecule has 1 saturated heterocycles. The molecule has 1 aliphatic heterocycles. The van der Waals surface area contributed by atoms with Crippen molar-refractivity contribution >= 4 is 0 Å². The van der Waals surface area contributed by atoms with E-state index in [1.165, 1.54) is 6.07 Å². The summed E-state index contributed by atoms with van der Waals surface area (Å²) in [6, 6.07) is 2.20. The Labute approximate surface area is 120 Å². The molecule has 1 heterocycles. The first-order valence-corrected chi connectivity index (χ1v) is 6.85. The first-order chi connectivity index (χ1) is 9.93. The van der Waals surface area contributed by atoms with Gasteiger partial charge in [0.15, 0.2) is 0 Å². The van der Waals surface area contributed by atoms with Crippen molar-refractivity contribution in [2.24, 2.45) is 0 Å². The smallest absolute Gasteiger partial charge is 0.396 e. The number of aliphatic hydroxyl groups excluding tert-OH is 1. The predicted octanol–water partition coefficient (Wildman–Crippen LogP) is 2.17. The Bertz CT molecular complexity index is 473. The van der Waals surface area contributed by atoms with E-state index in [4.69, 9.17) is 5.11 Å². The van der Waals surface area contributed by atoms with Gasteiger partial charge in [-0.1, -0.05) is 6.07 Å². The van der Waals surface area contributed by atoms with Crippen molar-refractivity contribution in [3.8, 4) is 0 Å². The molecule has 0 saturated carbocycles. The molecule has 0 aromatic heterocycles. The van der Waals surface area contributed by atoms with Gasteiger partial charge in [0.05, 0.1) is 5.56 Å². The fourth-order valence-corrected chi connectivity index (χ4v) is 2.62. The molecular formula is C14H18F4N2O. The number of hydrogen-bond donors (Lipinski definition) is 2. The SMILES string of the molecule is OCC[C@@H](c1ccc(C(F)(F)F)cc1F)N1CCNCC1. The average molecular weight is 306 g/mol. The van der Waals surface area contributed by atoms with E-state index in [2.05, 4.69) is 5.32 Å². The summed E-state index contributed by atoms with van der Waals surface area (Å²) in [7, 11) is 0. The third-order valence-corrected chi connectivity index (χ3v) is 3.68. The largest absolute Gasteiger partial charge is 0.416 e. The number of benzene rings is 1. The lowest BCUT2D eigenvalue weighted by molar-refractivity contribution is -0.137. The van der Waals surface area contributed by atoms with Crippen molar-refractivity contribution in [2.45, 2.75) is 18.6 Å². The molecule has 1 aromatic rings. The highest BCUT2D eigenvalue weighted by atomic mass is 19.4. The van der Waals surface area contributed by atoms with Crippen molar-refractivity contribution in [2.75, 3.05) is 32.8 Å². The second-order valence-electron chi connectivity index (χ2n) is 5.05. The maximum Gasteiger partial charge on any atom is 0.416 e. The van der Waals surface area contributed by atoms with E-state index in [1.54, 1.807) is 0 Å². The van der Waals surface area contributed by atoms with Gasteiger partial charge in [0.1, 0.15) is 5.82 Å². The summed E-state index contributed by atoms with van der Waals surface area (Å²) in [5.74, 6) is -0.873. The van der Waals surface area contributed by atoms with Crippen LogP contribution in [0, 0.1) is 5.82 Å². The molecule has 1 aliphatic rings. The number of aliphatic hydroxyl groups is 1. The summed E-state index contributed by atoms with van der Waals surface area (Å²) in [6.45, 7) is 2.68. The zero-order valence-corrected chi connectivity index (χ0v) is 11.5. The molecule has 118 valence electrons. The number of piperazine rings is 1. The number of halogens is 4. The highest BCUT2D eigenvalue weighted by Gasteiger charge is 2.32. The Morgan fingerprint density at radius 3 is 2.43 bits per heavy atom. The lowest BCUT2D eigenvalue weighted by atomic mass is 9.99. The van der Waals surface area contributed by atoms with Crippen LogP contribution in [0.4, 0.5) is 17.6 Å². The average Bonchev–Trinajstić information content (AvgIpc) is 2.45. The van der Waals surface area contributed by atoms with Crippen molar-refractivity contribution < 1.29 is 22.7 Å². The van der Waals surface area contributed by atoms with Crippen LogP contribution in [0.15, 0.2) is 18.2 Å². The van der Waals surface area contributed by atoms with Gasteiger partial charge in [0.25, 0.3) is 0 Å². The second kappa shape index (κ2) is 6.72. The summed E-state index contributed by atoms with van der Waals surface area (Å²) in [4.78, 5) is 1.98. The van der Waals surface area contributed by atoms with Crippen LogP contribution in [0.1, 0.15) is 23.6 Å². The predicted molar refractivity (Wildman–Crippen MR) is 70.3 cm³/mol. The van der Waals surface area contributed by atoms with Gasteiger partial charge in [-0.15, -0.1) is 0 Å². The van der Waals surface area contributed by atoms with E-state index in [9.17, 15) is 17.6 Å². The molecule has 0 aliphatic carbocycles. The van der Waals surface area contributed by atoms with Crippen LogP contribution in [0.3, 0.4) is 0 Å². The zero-order valence-electron chi connectivity index (χ0n) is 11.5. The van der Waals surface area contributed by atoms with E-state index >= 15 is 0 Å². The maximum absolute atomic E-state index is 14.1. The third-order valence-electron chi connectivity index (χ3n) is 3.68. The number of nitrogens with one attached hydrogen (secondary N) is 1. The van der Waals surface area contributed by atoms with E-state index in [0.29, 0.717) is 25.6 Å². The molecule has 3 nitrogen and oxygen atoms in total. The van der Waals surface area contributed by atoms with Crippen LogP contribution < -0.4 is 5.32 Å². The van der Waals surface area contributed by atoms with Crippen LogP contribution in [0.25, 0.3) is 0 Å². The molecule has 21 heavy (non-hydrogen) atoms. The molecule has 1 aromatic carbocycles. The summed E-state index contributed by atoms with van der Waals surface area (Å²) in [6.07, 6.45) is -4.26. The van der Waals surface area contributed by atoms with Gasteiger partial charge >= 0.3 is 6.18 Å². The molecule has 7 heteroatoms. The van der Waals surface area contributed by atoms with Gasteiger partial charge < -0.3 is 10.4 Å². The fraction of sp³-hybridized carbons (Fsp3) is 0.571. The normalized spacial score (nSPS) is 18.7. The lowest BCUT2D eigenvalue weighted by Crippen LogP contribution is -2.45. The van der Waals surface area contributed by atoms with Crippen molar-refractivity contribution in [3.05, 3.63) is 35.1 Å². The Morgan fingerprint density at radius 2 is 1.90 bits per heavy atom. The number of alkyl halides is 3. The topological polar surface area (TPSA) is 35.5 Å². The van der Waals surface area contributed by atoms with E-state index < -0.39 is 23.6 Å². The molecule has 2 rings (SSSR count). The third kappa shape index (κ3) is 3.93. The Hall–Kier alpha value is -1.18. The van der Waals surface area contributed by atoms with Crippen LogP contribution in [0.2, 0.25) is 0 Å². The van der Waals surface area contributed by atoms with Gasteiger partial charge in [-0.2, -0.15) is 13.2 Å². The van der Waals surface area contributed by atoms with Crippen LogP contribution in [-0.2, 0) is 6.18 Å². The first-order valence-electron chi connectivity index (χ1n) is 6.85. The molecule has 0 unspecified atom stereocenters. The Kier molecular flexibility index (Phi) is 5.18. The van der Waals surface area contributed by atoms with E-state index in [-0.39, 0.29) is 12.2 Å². The highest BCUT2D eigenvalue weighted by Crippen LogP contribution is 2.33. The fourth-order valence-electron chi connectivity index (χ4n) is 2.62. The summed E-state index contributed by atoms with van der Waals surface area (Å²) < 4.78 is 51.8. The second-order valence-corrected chi connectivity index (χ2v) is 5.05. The van der Waals surface area contributed by atoms with E-state index in [0.717, 1.165) is 19.2 Å². The van der Waals surface area contributed by atoms with Crippen molar-refractivity contribution in [1.29, 1.82) is 0 Å². The quantitative estimate of drug-likeness (QED) is 0.837. The maximum atomic E-state index is 14.1. The molecule has 0 spiro atoms. The van der Waals surface area contributed by atoms with Crippen LogP contribution >= 0.6 is 0 Å². The van der Waals surface area contributed by atoms with Gasteiger partial charge in [-0.05, 0) is 18.6 Å². The Morgan fingerprint density at radius 1 is 1.24 bits per heavy atom. The minimum Gasteiger partial charge on any atom is -0.396 e. The molecule has 1 fully saturated rings. The van der Waals surface area contributed by atoms with Crippen LogP contribution in [-0.4, -0.2) is 42.8 Å². The lowest BCUT2D eigenvalue weighted by Gasteiger charge is -2.35. The minimum absolute atomic E-state index is 0.144. The van der Waals surface area contributed by atoms with Crippen LogP contribution in [0.5, 0.6) is 0 Å². The summed E-state index contributed by atoms with van der Waals surface area (Å²) >= 11 is 0. The summed E-state index contributed by atoms with van der Waals surface area (Å²) in [5.41, 5.74) is -0.786. The Balaban J connectivity index is 2.27. The number of nitrogens with zero attached hydrogens (tertiary/aromatic N) is 1. The van der Waals surface area contributed by atoms with E-state index in [1.807, 2.05) is 4.90 Å². The highest BCUT2D eigenvalue weighted by molar-refractivity contribution is 5.29. The molecular weight excluding hydrogens is 288 g/mol. The molecule has 0 radical (unpaired) electrons. The number of rotatable bonds is 4. The van der Waals surface area contributed by atoms with Crippen molar-refractivity contribution in [1.82, 2.24) is 10.2 Å². The molecule has 2 N–H and O–H groups in total.